The van der Waals surface area contributed by atoms with E-state index in [-0.39, 0.29) is 37.4 Å². The molecule has 2 heterocycles. The summed E-state index contributed by atoms with van der Waals surface area (Å²) < 4.78 is 15.9. The molecule has 2 aliphatic rings. The van der Waals surface area contributed by atoms with Crippen LogP contribution in [-0.4, -0.2) is 61.1 Å². The van der Waals surface area contributed by atoms with Gasteiger partial charge in [-0.15, -0.1) is 0 Å². The third-order valence-corrected chi connectivity index (χ3v) is 6.22. The summed E-state index contributed by atoms with van der Waals surface area (Å²) in [6, 6.07) is 14.8. The molecule has 174 valence electrons. The maximum atomic E-state index is 13.4. The van der Waals surface area contributed by atoms with E-state index < -0.39 is 12.0 Å². The van der Waals surface area contributed by atoms with Crippen molar-refractivity contribution in [3.63, 3.8) is 0 Å². The fourth-order valence-electron chi connectivity index (χ4n) is 4.42. The molecule has 0 aromatic heterocycles. The molecule has 3 amide bonds. The summed E-state index contributed by atoms with van der Waals surface area (Å²) in [5, 5.41) is 0. The number of hydrogen-bond donors (Lipinski definition) is 0. The molecular formula is C25H28N2O6. The van der Waals surface area contributed by atoms with Crippen LogP contribution in [0.1, 0.15) is 24.0 Å². The van der Waals surface area contributed by atoms with E-state index in [1.165, 1.54) is 4.90 Å². The summed E-state index contributed by atoms with van der Waals surface area (Å²) in [5.74, 6) is 0.502. The van der Waals surface area contributed by atoms with Crippen molar-refractivity contribution >= 4 is 17.9 Å². The van der Waals surface area contributed by atoms with E-state index in [9.17, 15) is 14.4 Å². The van der Waals surface area contributed by atoms with E-state index in [2.05, 4.69) is 0 Å². The highest BCUT2D eigenvalue weighted by Crippen LogP contribution is 2.29. The first kappa shape index (κ1) is 22.6. The summed E-state index contributed by atoms with van der Waals surface area (Å²) >= 11 is 0. The van der Waals surface area contributed by atoms with Crippen LogP contribution in [0.5, 0.6) is 11.5 Å². The van der Waals surface area contributed by atoms with Gasteiger partial charge in [0.2, 0.25) is 11.8 Å². The van der Waals surface area contributed by atoms with Crippen molar-refractivity contribution in [3.8, 4) is 11.5 Å². The van der Waals surface area contributed by atoms with E-state index in [1.807, 2.05) is 42.5 Å². The number of piperidine rings is 1. The first-order chi connectivity index (χ1) is 16.0. The molecular weight excluding hydrogens is 424 g/mol. The Morgan fingerprint density at radius 1 is 1.09 bits per heavy atom. The molecule has 0 aliphatic carbocycles. The topological polar surface area (TPSA) is 85.4 Å². The molecule has 4 rings (SSSR count). The average Bonchev–Trinajstić information content (AvgIpc) is 3.20. The molecule has 0 N–H and O–H groups in total. The molecule has 33 heavy (non-hydrogen) atoms. The third kappa shape index (κ3) is 4.94. The molecule has 2 saturated heterocycles. The lowest BCUT2D eigenvalue weighted by Crippen LogP contribution is -2.49. The van der Waals surface area contributed by atoms with Crippen molar-refractivity contribution in [2.24, 2.45) is 5.92 Å². The zero-order valence-corrected chi connectivity index (χ0v) is 18.9. The lowest BCUT2D eigenvalue weighted by molar-refractivity contribution is -0.142. The second kappa shape index (κ2) is 9.94. The first-order valence-corrected chi connectivity index (χ1v) is 11.0. The van der Waals surface area contributed by atoms with Crippen molar-refractivity contribution < 1.29 is 28.6 Å². The fourth-order valence-corrected chi connectivity index (χ4v) is 4.42. The number of imide groups is 1. The maximum Gasteiger partial charge on any atom is 0.416 e. The maximum absolute atomic E-state index is 13.4. The number of carbonyl (C=O) groups excluding carboxylic acids is 3. The van der Waals surface area contributed by atoms with E-state index in [0.29, 0.717) is 30.9 Å². The lowest BCUT2D eigenvalue weighted by Gasteiger charge is -2.34. The van der Waals surface area contributed by atoms with Crippen molar-refractivity contribution in [2.75, 3.05) is 27.4 Å². The number of methoxy groups -OCH3 is 2. The van der Waals surface area contributed by atoms with Gasteiger partial charge in [0.15, 0.2) is 0 Å². The number of nitrogens with zero attached hydrogens (tertiary/aromatic N) is 2. The largest absolute Gasteiger partial charge is 0.497 e. The molecule has 0 radical (unpaired) electrons. The molecule has 0 spiro atoms. The van der Waals surface area contributed by atoms with Gasteiger partial charge in [-0.2, -0.15) is 0 Å². The van der Waals surface area contributed by atoms with E-state index in [0.717, 1.165) is 11.1 Å². The molecule has 0 saturated carbocycles. The molecule has 8 nitrogen and oxygen atoms in total. The summed E-state index contributed by atoms with van der Waals surface area (Å²) in [6.45, 7) is 0.736. The SMILES string of the molecule is COc1ccc(CN2CC(C(=O)N3C(=O)OC[C@H]3Cc3ccccc3)CCC2=O)c(OC)c1. The standard InChI is InChI=1S/C25H28N2O6/c1-31-21-10-8-18(22(13-21)32-2)14-26-15-19(9-11-23(26)28)24(29)27-20(16-33-25(27)30)12-17-6-4-3-5-7-17/h3-8,10,13,19-20H,9,11-12,14-16H2,1-2H3/t19?,20-/m1/s1. The van der Waals surface area contributed by atoms with Crippen molar-refractivity contribution in [2.45, 2.75) is 31.8 Å². The number of rotatable bonds is 7. The van der Waals surface area contributed by atoms with Crippen LogP contribution in [0.25, 0.3) is 0 Å². The highest BCUT2D eigenvalue weighted by Gasteiger charge is 2.42. The van der Waals surface area contributed by atoms with Crippen LogP contribution in [0.15, 0.2) is 48.5 Å². The summed E-state index contributed by atoms with van der Waals surface area (Å²) in [7, 11) is 3.14. The zero-order chi connectivity index (χ0) is 23.4. The Hall–Kier alpha value is -3.55. The number of cyclic esters (lactones) is 1. The second-order valence-corrected chi connectivity index (χ2v) is 8.32. The van der Waals surface area contributed by atoms with Gasteiger partial charge in [0.25, 0.3) is 0 Å². The van der Waals surface area contributed by atoms with Gasteiger partial charge in [-0.1, -0.05) is 30.3 Å². The van der Waals surface area contributed by atoms with Gasteiger partial charge in [0.1, 0.15) is 18.1 Å². The van der Waals surface area contributed by atoms with E-state index in [4.69, 9.17) is 14.2 Å². The van der Waals surface area contributed by atoms with E-state index in [1.54, 1.807) is 25.2 Å². The van der Waals surface area contributed by atoms with Crippen LogP contribution in [0.2, 0.25) is 0 Å². The zero-order valence-electron chi connectivity index (χ0n) is 18.9. The van der Waals surface area contributed by atoms with Gasteiger partial charge in [-0.3, -0.25) is 9.59 Å². The van der Waals surface area contributed by atoms with Gasteiger partial charge in [0.05, 0.1) is 26.2 Å². The van der Waals surface area contributed by atoms with Crippen LogP contribution in [-0.2, 0) is 27.3 Å². The molecule has 2 atom stereocenters. The van der Waals surface area contributed by atoms with Crippen LogP contribution in [0.3, 0.4) is 0 Å². The average molecular weight is 453 g/mol. The minimum Gasteiger partial charge on any atom is -0.497 e. The first-order valence-electron chi connectivity index (χ1n) is 11.0. The van der Waals surface area contributed by atoms with Crippen LogP contribution < -0.4 is 9.47 Å². The molecule has 2 aromatic carbocycles. The summed E-state index contributed by atoms with van der Waals surface area (Å²) in [4.78, 5) is 41.3. The molecule has 8 heteroatoms. The predicted molar refractivity (Wildman–Crippen MR) is 120 cm³/mol. The van der Waals surface area contributed by atoms with Gasteiger partial charge in [-0.25, -0.2) is 9.69 Å². The quantitative estimate of drug-likeness (QED) is 0.642. The highest BCUT2D eigenvalue weighted by molar-refractivity contribution is 5.95. The Morgan fingerprint density at radius 2 is 1.88 bits per heavy atom. The number of benzene rings is 2. The normalized spacial score (nSPS) is 20.5. The summed E-state index contributed by atoms with van der Waals surface area (Å²) in [6.07, 6.45) is 0.592. The monoisotopic (exact) mass is 452 g/mol. The smallest absolute Gasteiger partial charge is 0.416 e. The Morgan fingerprint density at radius 3 is 2.61 bits per heavy atom. The van der Waals surface area contributed by atoms with E-state index >= 15 is 0 Å². The molecule has 2 aliphatic heterocycles. The molecule has 2 fully saturated rings. The molecule has 2 aromatic rings. The lowest BCUT2D eigenvalue weighted by atomic mass is 9.94. The van der Waals surface area contributed by atoms with Crippen molar-refractivity contribution in [3.05, 3.63) is 59.7 Å². The van der Waals surface area contributed by atoms with Crippen molar-refractivity contribution in [1.82, 2.24) is 9.80 Å². The number of likely N-dealkylation sites (tertiary alicyclic amines) is 1. The molecule has 1 unspecified atom stereocenters. The second-order valence-electron chi connectivity index (χ2n) is 8.32. The number of amides is 3. The Bertz CT molecular complexity index is 1020. The van der Waals surface area contributed by atoms with Gasteiger partial charge in [0, 0.05) is 31.1 Å². The van der Waals surface area contributed by atoms with Crippen LogP contribution in [0.4, 0.5) is 4.79 Å². The van der Waals surface area contributed by atoms with Gasteiger partial charge >= 0.3 is 6.09 Å². The fraction of sp³-hybridized carbons (Fsp3) is 0.400. The third-order valence-electron chi connectivity index (χ3n) is 6.22. The minimum atomic E-state index is -0.610. The Labute approximate surface area is 193 Å². The predicted octanol–water partition coefficient (Wildman–Crippen LogP) is 3.03. The Kier molecular flexibility index (Phi) is 6.82. The van der Waals surface area contributed by atoms with Gasteiger partial charge in [-0.05, 0) is 30.5 Å². The van der Waals surface area contributed by atoms with Crippen LogP contribution >= 0.6 is 0 Å². The molecule has 0 bridgehead atoms. The number of hydrogen-bond acceptors (Lipinski definition) is 6. The van der Waals surface area contributed by atoms with Crippen molar-refractivity contribution in [1.29, 1.82) is 0 Å². The minimum absolute atomic E-state index is 0.0262. The number of ether oxygens (including phenoxy) is 3. The van der Waals surface area contributed by atoms with Gasteiger partial charge < -0.3 is 19.1 Å². The van der Waals surface area contributed by atoms with Crippen LogP contribution in [0, 0.1) is 5.92 Å². The number of carbonyl (C=O) groups is 3. The highest BCUT2D eigenvalue weighted by atomic mass is 16.6. The Balaban J connectivity index is 1.47. The summed E-state index contributed by atoms with van der Waals surface area (Å²) in [5.41, 5.74) is 1.85.